The van der Waals surface area contributed by atoms with Gasteiger partial charge in [0.05, 0.1) is 11.3 Å². The van der Waals surface area contributed by atoms with E-state index in [0.29, 0.717) is 5.56 Å². The molecule has 0 atom stereocenters. The highest BCUT2D eigenvalue weighted by Crippen LogP contribution is 2.26. The minimum atomic E-state index is -0.145. The Kier molecular flexibility index (Phi) is 4.54. The molecule has 134 valence electrons. The normalized spacial score (nSPS) is 10.9. The summed E-state index contributed by atoms with van der Waals surface area (Å²) < 4.78 is 2.77. The van der Waals surface area contributed by atoms with E-state index in [0.717, 1.165) is 32.6 Å². The number of aryl methyl sites for hydroxylation is 2. The summed E-state index contributed by atoms with van der Waals surface area (Å²) in [6.07, 6.45) is 4.00. The molecule has 0 spiro atoms. The Morgan fingerprint density at radius 2 is 1.89 bits per heavy atom. The van der Waals surface area contributed by atoms with Gasteiger partial charge in [-0.1, -0.05) is 24.3 Å². The van der Waals surface area contributed by atoms with Crippen LogP contribution in [0.25, 0.3) is 16.9 Å². The van der Waals surface area contributed by atoms with Gasteiger partial charge in [-0.2, -0.15) is 0 Å². The molecule has 1 N–H and O–H groups in total. The first-order valence-electron chi connectivity index (χ1n) is 8.63. The molecule has 4 aromatic rings. The molecule has 0 saturated heterocycles. The maximum Gasteiger partial charge on any atom is 0.256 e. The Morgan fingerprint density at radius 3 is 2.70 bits per heavy atom. The van der Waals surface area contributed by atoms with E-state index in [1.165, 1.54) is 5.56 Å². The van der Waals surface area contributed by atoms with Crippen LogP contribution in [-0.2, 0) is 0 Å². The molecule has 0 bridgehead atoms. The Balaban J connectivity index is 1.68. The van der Waals surface area contributed by atoms with Crippen molar-refractivity contribution < 1.29 is 4.79 Å². The van der Waals surface area contributed by atoms with Gasteiger partial charge in [-0.3, -0.25) is 4.79 Å². The summed E-state index contributed by atoms with van der Waals surface area (Å²) in [6.45, 7) is 4.03. The first-order chi connectivity index (χ1) is 13.0. The number of carbonyl (C=O) groups is 1. The van der Waals surface area contributed by atoms with Crippen molar-refractivity contribution in [3.8, 4) is 11.3 Å². The second-order valence-electron chi connectivity index (χ2n) is 6.56. The number of halogens is 1. The molecule has 0 aliphatic rings. The zero-order valence-electron chi connectivity index (χ0n) is 15.0. The fraction of sp³-hybridized carbons (Fsp3) is 0.0909. The quantitative estimate of drug-likeness (QED) is 0.467. The van der Waals surface area contributed by atoms with Crippen molar-refractivity contribution in [2.24, 2.45) is 0 Å². The number of pyridine rings is 1. The molecular weight excluding hydrogens is 402 g/mol. The van der Waals surface area contributed by atoms with Gasteiger partial charge < -0.3 is 9.72 Å². The topological polar surface area (TPSA) is 46.4 Å². The molecule has 1 amide bonds. The minimum Gasteiger partial charge on any atom is -0.322 e. The number of hydrogen-bond donors (Lipinski definition) is 1. The number of nitrogens with zero attached hydrogens (tertiary/aromatic N) is 2. The number of hydrogen-bond acceptors (Lipinski definition) is 2. The highest BCUT2D eigenvalue weighted by Gasteiger charge is 2.12. The lowest BCUT2D eigenvalue weighted by molar-refractivity contribution is 0.102. The number of carbonyl (C=O) groups excluding carboxylic acids is 1. The minimum absolute atomic E-state index is 0.145. The van der Waals surface area contributed by atoms with Crippen molar-refractivity contribution in [1.82, 2.24) is 9.38 Å². The largest absolute Gasteiger partial charge is 0.322 e. The van der Waals surface area contributed by atoms with E-state index in [1.54, 1.807) is 6.07 Å². The molecule has 2 heterocycles. The van der Waals surface area contributed by atoms with Crippen LogP contribution in [0.3, 0.4) is 0 Å². The molecule has 0 radical (unpaired) electrons. The predicted octanol–water partition coefficient (Wildman–Crippen LogP) is 5.63. The van der Waals surface area contributed by atoms with Crippen LogP contribution in [0.2, 0.25) is 0 Å². The number of rotatable bonds is 3. The highest BCUT2D eigenvalue weighted by molar-refractivity contribution is 9.10. The molecule has 2 aromatic carbocycles. The number of imidazole rings is 1. The van der Waals surface area contributed by atoms with Gasteiger partial charge >= 0.3 is 0 Å². The van der Waals surface area contributed by atoms with Crippen LogP contribution >= 0.6 is 15.9 Å². The van der Waals surface area contributed by atoms with Crippen molar-refractivity contribution in [2.45, 2.75) is 13.8 Å². The number of aromatic nitrogens is 2. The van der Waals surface area contributed by atoms with Gasteiger partial charge in [0.25, 0.3) is 5.91 Å². The monoisotopic (exact) mass is 419 g/mol. The van der Waals surface area contributed by atoms with E-state index in [9.17, 15) is 4.79 Å². The third kappa shape index (κ3) is 3.51. The van der Waals surface area contributed by atoms with E-state index in [4.69, 9.17) is 4.98 Å². The second kappa shape index (κ2) is 7.00. The van der Waals surface area contributed by atoms with Crippen LogP contribution in [-0.4, -0.2) is 15.3 Å². The molecule has 27 heavy (non-hydrogen) atoms. The predicted molar refractivity (Wildman–Crippen MR) is 112 cm³/mol. The Morgan fingerprint density at radius 1 is 1.07 bits per heavy atom. The Labute approximate surface area is 166 Å². The zero-order valence-corrected chi connectivity index (χ0v) is 16.6. The molecule has 5 heteroatoms. The van der Waals surface area contributed by atoms with Gasteiger partial charge in [0.2, 0.25) is 0 Å². The standard InChI is InChI=1S/C22H18BrN3O/c1-14-9-10-26-13-20(24-21(26)11-14)16-8-7-15(2)19(12-16)25-22(27)17-5-3-4-6-18(17)23/h3-13H,1-2H3,(H,25,27). The van der Waals surface area contributed by atoms with Crippen molar-refractivity contribution in [2.75, 3.05) is 5.32 Å². The van der Waals surface area contributed by atoms with E-state index >= 15 is 0 Å². The lowest BCUT2D eigenvalue weighted by Crippen LogP contribution is -2.13. The summed E-state index contributed by atoms with van der Waals surface area (Å²) >= 11 is 3.43. The SMILES string of the molecule is Cc1ccn2cc(-c3ccc(C)c(NC(=O)c4ccccc4Br)c3)nc2c1. The summed E-state index contributed by atoms with van der Waals surface area (Å²) in [5.74, 6) is -0.145. The lowest BCUT2D eigenvalue weighted by atomic mass is 10.1. The maximum absolute atomic E-state index is 12.7. The molecule has 2 aromatic heterocycles. The van der Waals surface area contributed by atoms with Gasteiger partial charge in [0, 0.05) is 28.1 Å². The average molecular weight is 420 g/mol. The van der Waals surface area contributed by atoms with Gasteiger partial charge in [-0.05, 0) is 71.2 Å². The average Bonchev–Trinajstić information content (AvgIpc) is 3.07. The number of amides is 1. The fourth-order valence-electron chi connectivity index (χ4n) is 2.97. The number of benzene rings is 2. The van der Waals surface area contributed by atoms with Gasteiger partial charge in [-0.25, -0.2) is 4.98 Å². The molecular formula is C22H18BrN3O. The summed E-state index contributed by atoms with van der Waals surface area (Å²) in [5.41, 5.74) is 6.29. The van der Waals surface area contributed by atoms with Crippen molar-refractivity contribution in [3.63, 3.8) is 0 Å². The van der Waals surface area contributed by atoms with Crippen LogP contribution in [0.1, 0.15) is 21.5 Å². The smallest absolute Gasteiger partial charge is 0.256 e. The first kappa shape index (κ1) is 17.5. The van der Waals surface area contributed by atoms with Gasteiger partial charge in [0.15, 0.2) is 0 Å². The molecule has 4 rings (SSSR count). The molecule has 0 unspecified atom stereocenters. The number of anilines is 1. The summed E-state index contributed by atoms with van der Waals surface area (Å²) in [5, 5.41) is 3.02. The van der Waals surface area contributed by atoms with E-state index < -0.39 is 0 Å². The molecule has 0 fully saturated rings. The van der Waals surface area contributed by atoms with Crippen LogP contribution in [0.5, 0.6) is 0 Å². The Bertz CT molecular complexity index is 1160. The van der Waals surface area contributed by atoms with Crippen LogP contribution in [0, 0.1) is 13.8 Å². The molecule has 0 aliphatic carbocycles. The van der Waals surface area contributed by atoms with Crippen LogP contribution < -0.4 is 5.32 Å². The van der Waals surface area contributed by atoms with Gasteiger partial charge in [-0.15, -0.1) is 0 Å². The maximum atomic E-state index is 12.7. The zero-order chi connectivity index (χ0) is 19.0. The lowest BCUT2D eigenvalue weighted by Gasteiger charge is -2.11. The summed E-state index contributed by atoms with van der Waals surface area (Å²) in [7, 11) is 0. The number of fused-ring (bicyclic) bond motifs is 1. The number of nitrogens with one attached hydrogen (secondary N) is 1. The second-order valence-corrected chi connectivity index (χ2v) is 7.41. The molecule has 0 saturated carbocycles. The third-order valence-corrected chi connectivity index (χ3v) is 5.21. The van der Waals surface area contributed by atoms with Crippen molar-refractivity contribution >= 4 is 33.2 Å². The Hall–Kier alpha value is -2.92. The molecule has 4 nitrogen and oxygen atoms in total. The van der Waals surface area contributed by atoms with E-state index in [1.807, 2.05) is 66.2 Å². The van der Waals surface area contributed by atoms with Crippen molar-refractivity contribution in [3.05, 3.63) is 88.2 Å². The highest BCUT2D eigenvalue weighted by atomic mass is 79.9. The molecule has 0 aliphatic heterocycles. The van der Waals surface area contributed by atoms with Crippen molar-refractivity contribution in [1.29, 1.82) is 0 Å². The van der Waals surface area contributed by atoms with E-state index in [-0.39, 0.29) is 5.91 Å². The van der Waals surface area contributed by atoms with Crippen LogP contribution in [0.4, 0.5) is 5.69 Å². The van der Waals surface area contributed by atoms with Crippen LogP contribution in [0.15, 0.2) is 71.5 Å². The van der Waals surface area contributed by atoms with E-state index in [2.05, 4.69) is 34.2 Å². The van der Waals surface area contributed by atoms with Gasteiger partial charge in [0.1, 0.15) is 5.65 Å². The summed E-state index contributed by atoms with van der Waals surface area (Å²) in [6, 6.07) is 17.5. The summed E-state index contributed by atoms with van der Waals surface area (Å²) in [4.78, 5) is 17.4. The first-order valence-corrected chi connectivity index (χ1v) is 9.43. The third-order valence-electron chi connectivity index (χ3n) is 4.52. The fourth-order valence-corrected chi connectivity index (χ4v) is 3.44.